The highest BCUT2D eigenvalue weighted by Crippen LogP contribution is 2.18. The Kier molecular flexibility index (Phi) is 3.12. The number of carbonyl (C=O) groups excluding carboxylic acids is 1. The number of fused-ring (bicyclic) bond motifs is 2. The predicted molar refractivity (Wildman–Crippen MR) is 91.5 cm³/mol. The lowest BCUT2D eigenvalue weighted by Gasteiger charge is -2.05. The lowest BCUT2D eigenvalue weighted by atomic mass is 10.1. The lowest BCUT2D eigenvalue weighted by Crippen LogP contribution is -2.14. The third-order valence-electron chi connectivity index (χ3n) is 3.87. The number of amides is 1. The molecule has 23 heavy (non-hydrogen) atoms. The Morgan fingerprint density at radius 3 is 2.96 bits per heavy atom. The average molecular weight is 304 g/mol. The summed E-state index contributed by atoms with van der Waals surface area (Å²) in [5.41, 5.74) is 4.62. The van der Waals surface area contributed by atoms with E-state index in [1.807, 2.05) is 55.6 Å². The second-order valence-electron chi connectivity index (χ2n) is 5.68. The van der Waals surface area contributed by atoms with Gasteiger partial charge in [0, 0.05) is 17.4 Å². The Morgan fingerprint density at radius 1 is 1.13 bits per heavy atom. The van der Waals surface area contributed by atoms with Crippen LogP contribution >= 0.6 is 0 Å². The lowest BCUT2D eigenvalue weighted by molar-refractivity contribution is -0.115. The van der Waals surface area contributed by atoms with Crippen molar-refractivity contribution in [3.63, 3.8) is 0 Å². The molecule has 5 nitrogen and oxygen atoms in total. The van der Waals surface area contributed by atoms with Crippen molar-refractivity contribution in [2.75, 3.05) is 5.32 Å². The quantitative estimate of drug-likeness (QED) is 0.541. The molecule has 114 valence electrons. The maximum atomic E-state index is 12.3. The summed E-state index contributed by atoms with van der Waals surface area (Å²) in [6.45, 7) is 1.91. The number of anilines is 1. The van der Waals surface area contributed by atoms with Gasteiger partial charge in [-0.2, -0.15) is 0 Å². The van der Waals surface area contributed by atoms with Crippen LogP contribution in [0.1, 0.15) is 11.4 Å². The largest absolute Gasteiger partial charge is 0.361 e. The van der Waals surface area contributed by atoms with Gasteiger partial charge in [0.15, 0.2) is 0 Å². The number of hydrogen-bond donors (Lipinski definition) is 3. The normalized spacial score (nSPS) is 11.2. The third-order valence-corrected chi connectivity index (χ3v) is 3.87. The number of aromatic amines is 2. The summed E-state index contributed by atoms with van der Waals surface area (Å²) in [6, 6.07) is 13.7. The molecular weight excluding hydrogens is 288 g/mol. The van der Waals surface area contributed by atoms with E-state index < -0.39 is 0 Å². The van der Waals surface area contributed by atoms with Gasteiger partial charge in [0.1, 0.15) is 5.82 Å². The summed E-state index contributed by atoms with van der Waals surface area (Å²) in [4.78, 5) is 22.9. The molecule has 4 aromatic rings. The first-order valence-corrected chi connectivity index (χ1v) is 7.50. The van der Waals surface area contributed by atoms with E-state index in [0.717, 1.165) is 39.0 Å². The predicted octanol–water partition coefficient (Wildman–Crippen LogP) is 3.53. The fourth-order valence-electron chi connectivity index (χ4n) is 2.81. The monoisotopic (exact) mass is 304 g/mol. The molecule has 0 aliphatic heterocycles. The molecule has 0 unspecified atom stereocenters. The average Bonchev–Trinajstić information content (AvgIpc) is 3.11. The van der Waals surface area contributed by atoms with E-state index in [0.29, 0.717) is 6.42 Å². The Hall–Kier alpha value is -3.08. The summed E-state index contributed by atoms with van der Waals surface area (Å²) in [5, 5.41) is 4.08. The molecule has 2 heterocycles. The van der Waals surface area contributed by atoms with E-state index in [4.69, 9.17) is 0 Å². The van der Waals surface area contributed by atoms with Crippen LogP contribution in [-0.2, 0) is 11.2 Å². The van der Waals surface area contributed by atoms with E-state index in [9.17, 15) is 4.79 Å². The number of benzene rings is 2. The van der Waals surface area contributed by atoms with Gasteiger partial charge in [-0.25, -0.2) is 4.98 Å². The number of H-pyrrole nitrogens is 2. The second kappa shape index (κ2) is 5.28. The highest BCUT2D eigenvalue weighted by atomic mass is 16.1. The highest BCUT2D eigenvalue weighted by molar-refractivity contribution is 5.94. The first-order valence-electron chi connectivity index (χ1n) is 7.50. The van der Waals surface area contributed by atoms with Crippen LogP contribution in [0.15, 0.2) is 48.7 Å². The zero-order chi connectivity index (χ0) is 15.8. The smallest absolute Gasteiger partial charge is 0.228 e. The molecule has 2 aromatic carbocycles. The summed E-state index contributed by atoms with van der Waals surface area (Å²) < 4.78 is 0. The molecule has 0 atom stereocenters. The molecule has 3 N–H and O–H groups in total. The topological polar surface area (TPSA) is 73.6 Å². The van der Waals surface area contributed by atoms with Gasteiger partial charge in [-0.1, -0.05) is 12.1 Å². The fraction of sp³-hybridized carbons (Fsp3) is 0.111. The van der Waals surface area contributed by atoms with Gasteiger partial charge in [-0.05, 0) is 48.2 Å². The number of carbonyl (C=O) groups is 1. The minimum atomic E-state index is -0.0357. The van der Waals surface area contributed by atoms with Crippen LogP contribution in [0.4, 0.5) is 5.69 Å². The summed E-state index contributed by atoms with van der Waals surface area (Å²) in [7, 11) is 0. The molecule has 0 aliphatic rings. The maximum absolute atomic E-state index is 12.3. The SMILES string of the molecule is Cc1nc2ccc(NC(=O)Cc3ccc4cc[nH]c4c3)cc2[nH]1. The van der Waals surface area contributed by atoms with Gasteiger partial charge in [0.05, 0.1) is 17.5 Å². The zero-order valence-corrected chi connectivity index (χ0v) is 12.7. The van der Waals surface area contributed by atoms with E-state index in [1.165, 1.54) is 0 Å². The van der Waals surface area contributed by atoms with Crippen molar-refractivity contribution < 1.29 is 4.79 Å². The molecule has 0 radical (unpaired) electrons. The molecule has 0 saturated heterocycles. The van der Waals surface area contributed by atoms with Crippen LogP contribution in [0.3, 0.4) is 0 Å². The number of hydrogen-bond acceptors (Lipinski definition) is 2. The van der Waals surface area contributed by atoms with E-state index in [1.54, 1.807) is 0 Å². The van der Waals surface area contributed by atoms with Crippen molar-refractivity contribution in [1.29, 1.82) is 0 Å². The van der Waals surface area contributed by atoms with Crippen molar-refractivity contribution in [3.05, 3.63) is 60.0 Å². The third kappa shape index (κ3) is 2.68. The van der Waals surface area contributed by atoms with Crippen molar-refractivity contribution in [2.45, 2.75) is 13.3 Å². The number of nitrogens with one attached hydrogen (secondary N) is 3. The van der Waals surface area contributed by atoms with Crippen LogP contribution < -0.4 is 5.32 Å². The molecule has 2 aromatic heterocycles. The van der Waals surface area contributed by atoms with E-state index in [2.05, 4.69) is 20.3 Å². The highest BCUT2D eigenvalue weighted by Gasteiger charge is 2.07. The first-order chi connectivity index (χ1) is 11.2. The summed E-state index contributed by atoms with van der Waals surface area (Å²) in [5.74, 6) is 0.828. The van der Waals surface area contributed by atoms with Crippen LogP contribution in [0, 0.1) is 6.92 Å². The van der Waals surface area contributed by atoms with Gasteiger partial charge in [0.25, 0.3) is 0 Å². The second-order valence-corrected chi connectivity index (χ2v) is 5.68. The van der Waals surface area contributed by atoms with Crippen LogP contribution in [-0.4, -0.2) is 20.9 Å². The molecule has 0 aliphatic carbocycles. The molecule has 1 amide bonds. The van der Waals surface area contributed by atoms with Crippen molar-refractivity contribution >= 4 is 33.5 Å². The summed E-state index contributed by atoms with van der Waals surface area (Å²) in [6.07, 6.45) is 2.24. The van der Waals surface area contributed by atoms with Crippen LogP contribution in [0.2, 0.25) is 0 Å². The molecular formula is C18H16N4O. The van der Waals surface area contributed by atoms with Gasteiger partial charge in [0.2, 0.25) is 5.91 Å². The van der Waals surface area contributed by atoms with Crippen LogP contribution in [0.5, 0.6) is 0 Å². The first kappa shape index (κ1) is 13.6. The van der Waals surface area contributed by atoms with Gasteiger partial charge in [-0.3, -0.25) is 4.79 Å². The fourth-order valence-corrected chi connectivity index (χ4v) is 2.81. The minimum absolute atomic E-state index is 0.0357. The van der Waals surface area contributed by atoms with E-state index >= 15 is 0 Å². The van der Waals surface area contributed by atoms with Gasteiger partial charge >= 0.3 is 0 Å². The zero-order valence-electron chi connectivity index (χ0n) is 12.7. The number of aromatic nitrogens is 3. The Bertz CT molecular complexity index is 1010. The van der Waals surface area contributed by atoms with Gasteiger partial charge < -0.3 is 15.3 Å². The van der Waals surface area contributed by atoms with Crippen LogP contribution in [0.25, 0.3) is 21.9 Å². The molecule has 0 spiro atoms. The molecule has 0 saturated carbocycles. The van der Waals surface area contributed by atoms with Gasteiger partial charge in [-0.15, -0.1) is 0 Å². The van der Waals surface area contributed by atoms with Crippen molar-refractivity contribution in [2.24, 2.45) is 0 Å². The van der Waals surface area contributed by atoms with Crippen molar-refractivity contribution in [1.82, 2.24) is 15.0 Å². The standard InChI is InChI=1S/C18H16N4O/c1-11-20-15-5-4-14(10-17(15)21-11)22-18(23)9-12-2-3-13-6-7-19-16(13)8-12/h2-8,10,19H,9H2,1H3,(H,20,21)(H,22,23). The summed E-state index contributed by atoms with van der Waals surface area (Å²) >= 11 is 0. The maximum Gasteiger partial charge on any atom is 0.228 e. The molecule has 0 bridgehead atoms. The number of rotatable bonds is 3. The van der Waals surface area contributed by atoms with E-state index in [-0.39, 0.29) is 5.91 Å². The van der Waals surface area contributed by atoms with Crippen molar-refractivity contribution in [3.8, 4) is 0 Å². The number of imidazole rings is 1. The Labute approximate surface area is 132 Å². The Morgan fingerprint density at radius 2 is 2.04 bits per heavy atom. The molecule has 5 heteroatoms. The number of aryl methyl sites for hydroxylation is 1. The minimum Gasteiger partial charge on any atom is -0.361 e. The Balaban J connectivity index is 1.51. The molecule has 0 fully saturated rings. The number of nitrogens with zero attached hydrogens (tertiary/aromatic N) is 1. The molecule has 4 rings (SSSR count).